The third kappa shape index (κ3) is 3.96. The van der Waals surface area contributed by atoms with Crippen LogP contribution in [0.4, 0.5) is 17.2 Å². The Morgan fingerprint density at radius 1 is 1.23 bits per heavy atom. The van der Waals surface area contributed by atoms with E-state index in [1.165, 1.54) is 6.08 Å². The fourth-order valence-corrected chi connectivity index (χ4v) is 4.27. The summed E-state index contributed by atoms with van der Waals surface area (Å²) in [7, 11) is 0. The molecule has 1 unspecified atom stereocenters. The Kier molecular flexibility index (Phi) is 5.25. The monoisotopic (exact) mass is 419 g/mol. The number of pyridine rings is 2. The lowest BCUT2D eigenvalue weighted by atomic mass is 10.00. The number of hydrogen-bond donors (Lipinski definition) is 1. The number of hydrogen-bond acceptors (Lipinski definition) is 7. The molecule has 5 rings (SSSR count). The van der Waals surface area contributed by atoms with E-state index in [9.17, 15) is 4.79 Å². The molecule has 0 aromatic carbocycles. The lowest BCUT2D eigenvalue weighted by Crippen LogP contribution is -2.36. The zero-order chi connectivity index (χ0) is 21.2. The fraction of sp³-hybridized carbons (Fsp3) is 0.364. The van der Waals surface area contributed by atoms with Gasteiger partial charge in [-0.1, -0.05) is 6.58 Å². The summed E-state index contributed by atoms with van der Waals surface area (Å²) < 4.78 is 7.24. The van der Waals surface area contributed by atoms with Crippen molar-refractivity contribution in [3.63, 3.8) is 0 Å². The first-order valence-electron chi connectivity index (χ1n) is 10.5. The summed E-state index contributed by atoms with van der Waals surface area (Å²) in [5, 5.41) is 7.77. The zero-order valence-electron chi connectivity index (χ0n) is 17.3. The number of anilines is 3. The normalized spacial score (nSPS) is 19.0. The first kappa shape index (κ1) is 19.5. The van der Waals surface area contributed by atoms with Gasteiger partial charge >= 0.3 is 0 Å². The molecular weight excluding hydrogens is 394 g/mol. The average Bonchev–Trinajstić information content (AvgIpc) is 3.49. The topological polar surface area (TPSA) is 87.9 Å². The Bertz CT molecular complexity index is 1110. The molecule has 0 saturated carbocycles. The van der Waals surface area contributed by atoms with Crippen molar-refractivity contribution < 1.29 is 9.53 Å². The molecule has 31 heavy (non-hydrogen) atoms. The van der Waals surface area contributed by atoms with Crippen LogP contribution in [0, 0.1) is 0 Å². The molecule has 0 radical (unpaired) electrons. The number of nitrogens with one attached hydrogen (secondary N) is 1. The Labute approximate surface area is 180 Å². The van der Waals surface area contributed by atoms with Gasteiger partial charge in [-0.15, -0.1) is 0 Å². The highest BCUT2D eigenvalue weighted by Crippen LogP contribution is 2.31. The van der Waals surface area contributed by atoms with Gasteiger partial charge in [0.1, 0.15) is 12.1 Å². The van der Waals surface area contributed by atoms with Crippen LogP contribution in [-0.2, 0) is 9.53 Å². The van der Waals surface area contributed by atoms with E-state index in [2.05, 4.69) is 37.9 Å². The standard InChI is InChI=1S/C22H25N7O2/c1-2-21(30)28-6-4-16(13-28)17-11-19(22-24-15-25-29(22)14-17)26-20-12-18(3-5-23-20)27-7-9-31-10-8-27/h2-3,5,11-12,14-16H,1,4,6-10,13H2,(H,23,26). The molecule has 2 aliphatic heterocycles. The quantitative estimate of drug-likeness (QED) is 0.635. The Hall–Kier alpha value is -3.46. The smallest absolute Gasteiger partial charge is 0.245 e. The molecule has 2 saturated heterocycles. The summed E-state index contributed by atoms with van der Waals surface area (Å²) in [6, 6.07) is 6.16. The van der Waals surface area contributed by atoms with Crippen molar-refractivity contribution in [3.8, 4) is 0 Å². The van der Waals surface area contributed by atoms with Crippen molar-refractivity contribution in [2.24, 2.45) is 0 Å². The van der Waals surface area contributed by atoms with Crippen LogP contribution in [-0.4, -0.2) is 69.8 Å². The van der Waals surface area contributed by atoms with Gasteiger partial charge in [0.2, 0.25) is 5.91 Å². The van der Waals surface area contributed by atoms with Crippen LogP contribution in [0.5, 0.6) is 0 Å². The predicted molar refractivity (Wildman–Crippen MR) is 118 cm³/mol. The van der Waals surface area contributed by atoms with Gasteiger partial charge in [0, 0.05) is 56.2 Å². The molecule has 9 heteroatoms. The molecule has 9 nitrogen and oxygen atoms in total. The highest BCUT2D eigenvalue weighted by atomic mass is 16.5. The van der Waals surface area contributed by atoms with Crippen LogP contribution in [0.2, 0.25) is 0 Å². The van der Waals surface area contributed by atoms with Gasteiger partial charge in [-0.3, -0.25) is 4.79 Å². The average molecular weight is 419 g/mol. The second-order valence-electron chi connectivity index (χ2n) is 7.81. The number of carbonyl (C=O) groups is 1. The molecule has 1 amide bonds. The molecule has 2 aliphatic rings. The largest absolute Gasteiger partial charge is 0.378 e. The first-order valence-corrected chi connectivity index (χ1v) is 10.5. The highest BCUT2D eigenvalue weighted by molar-refractivity contribution is 5.87. The summed E-state index contributed by atoms with van der Waals surface area (Å²) in [5.41, 5.74) is 3.81. The van der Waals surface area contributed by atoms with E-state index < -0.39 is 0 Å². The van der Waals surface area contributed by atoms with E-state index in [4.69, 9.17) is 4.74 Å². The molecule has 160 valence electrons. The number of ether oxygens (including phenoxy) is 1. The van der Waals surface area contributed by atoms with Crippen molar-refractivity contribution in [2.75, 3.05) is 49.6 Å². The molecule has 0 bridgehead atoms. The van der Waals surface area contributed by atoms with Crippen molar-refractivity contribution in [2.45, 2.75) is 12.3 Å². The number of fused-ring (bicyclic) bond motifs is 1. The van der Waals surface area contributed by atoms with E-state index in [0.717, 1.165) is 67.7 Å². The van der Waals surface area contributed by atoms with Crippen molar-refractivity contribution >= 4 is 28.7 Å². The molecule has 2 fully saturated rings. The van der Waals surface area contributed by atoms with Gasteiger partial charge in [-0.25, -0.2) is 14.5 Å². The van der Waals surface area contributed by atoms with Gasteiger partial charge in [0.15, 0.2) is 5.65 Å². The summed E-state index contributed by atoms with van der Waals surface area (Å²) in [4.78, 5) is 25.0. The summed E-state index contributed by atoms with van der Waals surface area (Å²) >= 11 is 0. The van der Waals surface area contributed by atoms with E-state index in [1.807, 2.05) is 29.4 Å². The zero-order valence-corrected chi connectivity index (χ0v) is 17.3. The van der Waals surface area contributed by atoms with E-state index in [-0.39, 0.29) is 11.8 Å². The number of aromatic nitrogens is 4. The Morgan fingerprint density at radius 2 is 2.10 bits per heavy atom. The number of nitrogens with zero attached hydrogens (tertiary/aromatic N) is 6. The Balaban J connectivity index is 1.42. The van der Waals surface area contributed by atoms with E-state index in [1.54, 1.807) is 10.8 Å². The fourth-order valence-electron chi connectivity index (χ4n) is 4.27. The second kappa shape index (κ2) is 8.35. The maximum absolute atomic E-state index is 12.0. The minimum atomic E-state index is -0.0215. The number of morpholine rings is 1. The third-order valence-electron chi connectivity index (χ3n) is 5.92. The van der Waals surface area contributed by atoms with Crippen LogP contribution in [0.1, 0.15) is 17.9 Å². The minimum Gasteiger partial charge on any atom is -0.378 e. The van der Waals surface area contributed by atoms with Crippen LogP contribution >= 0.6 is 0 Å². The minimum absolute atomic E-state index is 0.0215. The van der Waals surface area contributed by atoms with E-state index in [0.29, 0.717) is 6.54 Å². The number of carbonyl (C=O) groups excluding carboxylic acids is 1. The summed E-state index contributed by atoms with van der Waals surface area (Å²) in [5.74, 6) is 0.971. The molecule has 5 heterocycles. The van der Waals surface area contributed by atoms with Crippen molar-refractivity contribution in [1.82, 2.24) is 24.5 Å². The third-order valence-corrected chi connectivity index (χ3v) is 5.92. The highest BCUT2D eigenvalue weighted by Gasteiger charge is 2.27. The molecule has 1 atom stereocenters. The maximum Gasteiger partial charge on any atom is 0.245 e. The molecule has 1 N–H and O–H groups in total. The number of likely N-dealkylation sites (tertiary alicyclic amines) is 1. The Morgan fingerprint density at radius 3 is 2.94 bits per heavy atom. The molecule has 0 aliphatic carbocycles. The van der Waals surface area contributed by atoms with Gasteiger partial charge in [-0.05, 0) is 30.2 Å². The van der Waals surface area contributed by atoms with Crippen LogP contribution in [0.25, 0.3) is 5.65 Å². The number of amides is 1. The van der Waals surface area contributed by atoms with Gasteiger partial charge in [0.05, 0.1) is 18.9 Å². The molecular formula is C22H25N7O2. The van der Waals surface area contributed by atoms with Crippen molar-refractivity contribution in [1.29, 1.82) is 0 Å². The second-order valence-corrected chi connectivity index (χ2v) is 7.81. The van der Waals surface area contributed by atoms with E-state index >= 15 is 0 Å². The molecule has 0 spiro atoms. The van der Waals surface area contributed by atoms with Crippen LogP contribution in [0.15, 0.2) is 49.6 Å². The van der Waals surface area contributed by atoms with Crippen LogP contribution in [0.3, 0.4) is 0 Å². The van der Waals surface area contributed by atoms with Gasteiger partial charge < -0.3 is 19.9 Å². The predicted octanol–water partition coefficient (Wildman–Crippen LogP) is 2.21. The summed E-state index contributed by atoms with van der Waals surface area (Å²) in [6.45, 7) is 8.22. The van der Waals surface area contributed by atoms with Gasteiger partial charge in [-0.2, -0.15) is 5.10 Å². The van der Waals surface area contributed by atoms with Gasteiger partial charge in [0.25, 0.3) is 0 Å². The number of rotatable bonds is 5. The lowest BCUT2D eigenvalue weighted by Gasteiger charge is -2.29. The SMILES string of the molecule is C=CC(=O)N1CCC(c2cc(Nc3cc(N4CCOCC4)ccn3)c3ncnn3c2)C1. The molecule has 3 aromatic heterocycles. The summed E-state index contributed by atoms with van der Waals surface area (Å²) in [6.07, 6.45) is 7.64. The molecule has 3 aromatic rings. The first-order chi connectivity index (χ1) is 15.2. The maximum atomic E-state index is 12.0. The lowest BCUT2D eigenvalue weighted by molar-refractivity contribution is -0.125. The van der Waals surface area contributed by atoms with Crippen LogP contribution < -0.4 is 10.2 Å². The van der Waals surface area contributed by atoms with Crippen molar-refractivity contribution in [3.05, 3.63) is 55.1 Å².